The van der Waals surface area contributed by atoms with Crippen LogP contribution in [0.3, 0.4) is 0 Å². The van der Waals surface area contributed by atoms with Gasteiger partial charge in [-0.15, -0.1) is 0 Å². The van der Waals surface area contributed by atoms with Gasteiger partial charge in [-0.3, -0.25) is 0 Å². The lowest BCUT2D eigenvalue weighted by Crippen LogP contribution is -2.40. The average molecular weight is 331 g/mol. The molecule has 134 valence electrons. The smallest absolute Gasteiger partial charge is 0.124 e. The number of ether oxygens (including phenoxy) is 2. The molecule has 0 fully saturated rings. The minimum atomic E-state index is 0.121. The molecule has 0 radical (unpaired) electrons. The molecule has 1 aromatic rings. The first-order chi connectivity index (χ1) is 11.0. The highest BCUT2D eigenvalue weighted by Crippen LogP contribution is 2.50. The van der Waals surface area contributed by atoms with Crippen LogP contribution in [0.5, 0.6) is 11.5 Å². The van der Waals surface area contributed by atoms with Gasteiger partial charge in [0.15, 0.2) is 0 Å². The van der Waals surface area contributed by atoms with E-state index in [1.165, 1.54) is 11.1 Å². The van der Waals surface area contributed by atoms with Gasteiger partial charge in [0.25, 0.3) is 0 Å². The lowest BCUT2D eigenvalue weighted by Gasteiger charge is -2.43. The topological polar surface area (TPSA) is 18.5 Å². The summed E-state index contributed by atoms with van der Waals surface area (Å²) in [6.45, 7) is 18.4. The van der Waals surface area contributed by atoms with Gasteiger partial charge in [-0.1, -0.05) is 55.4 Å². The Morgan fingerprint density at radius 1 is 0.750 bits per heavy atom. The molecule has 2 aliphatic heterocycles. The van der Waals surface area contributed by atoms with Gasteiger partial charge in [0.05, 0.1) is 0 Å². The van der Waals surface area contributed by atoms with E-state index < -0.39 is 0 Å². The first-order valence-electron chi connectivity index (χ1n) is 9.53. The van der Waals surface area contributed by atoms with E-state index in [-0.39, 0.29) is 10.8 Å². The Balaban J connectivity index is 2.09. The Morgan fingerprint density at radius 3 is 1.38 bits per heavy atom. The molecule has 0 saturated carbocycles. The third kappa shape index (κ3) is 2.93. The molecule has 1 aromatic carbocycles. The van der Waals surface area contributed by atoms with Gasteiger partial charge in [0, 0.05) is 11.1 Å². The van der Waals surface area contributed by atoms with Crippen molar-refractivity contribution < 1.29 is 9.47 Å². The van der Waals surface area contributed by atoms with E-state index >= 15 is 0 Å². The Kier molecular flexibility index (Phi) is 4.17. The second-order valence-electron chi connectivity index (χ2n) is 9.82. The second-order valence-corrected chi connectivity index (χ2v) is 9.82. The first kappa shape index (κ1) is 17.6. The summed E-state index contributed by atoms with van der Waals surface area (Å²) in [7, 11) is 0. The summed E-state index contributed by atoms with van der Waals surface area (Å²) in [5, 5.41) is 0. The Morgan fingerprint density at radius 2 is 1.08 bits per heavy atom. The Labute approximate surface area is 147 Å². The first-order valence-corrected chi connectivity index (χ1v) is 9.53. The van der Waals surface area contributed by atoms with Crippen LogP contribution in [0.1, 0.15) is 79.4 Å². The molecular formula is C22H34O2. The molecule has 0 saturated heterocycles. The zero-order valence-electron chi connectivity index (χ0n) is 16.7. The van der Waals surface area contributed by atoms with E-state index in [1.54, 1.807) is 0 Å². The zero-order chi connectivity index (χ0) is 17.9. The number of hydrogen-bond donors (Lipinski definition) is 0. The van der Waals surface area contributed by atoms with Crippen LogP contribution in [0, 0.1) is 11.8 Å². The molecule has 2 atom stereocenters. The van der Waals surface area contributed by atoms with Gasteiger partial charge in [0.2, 0.25) is 0 Å². The molecule has 0 amide bonds. The maximum absolute atomic E-state index is 6.41. The number of benzene rings is 1. The Hall–Kier alpha value is -1.18. The number of fused-ring (bicyclic) bond motifs is 2. The Bertz CT molecular complexity index is 569. The minimum Gasteiger partial charge on any atom is -0.490 e. The van der Waals surface area contributed by atoms with Crippen molar-refractivity contribution in [2.45, 2.75) is 91.3 Å². The second kappa shape index (κ2) is 5.68. The molecule has 2 heterocycles. The van der Waals surface area contributed by atoms with Crippen molar-refractivity contribution in [3.05, 3.63) is 23.3 Å². The van der Waals surface area contributed by atoms with Crippen molar-refractivity contribution >= 4 is 0 Å². The average Bonchev–Trinajstić information content (AvgIpc) is 2.44. The molecule has 0 aliphatic carbocycles. The van der Waals surface area contributed by atoms with Crippen molar-refractivity contribution in [2.75, 3.05) is 0 Å². The fourth-order valence-corrected chi connectivity index (χ4v) is 4.19. The van der Waals surface area contributed by atoms with Crippen LogP contribution < -0.4 is 9.47 Å². The van der Waals surface area contributed by atoms with Crippen LogP contribution in [0.15, 0.2) is 12.1 Å². The molecule has 0 N–H and O–H groups in total. The summed E-state index contributed by atoms with van der Waals surface area (Å²) >= 11 is 0. The predicted molar refractivity (Wildman–Crippen MR) is 100 cm³/mol. The number of rotatable bonds is 2. The molecule has 0 unspecified atom stereocenters. The van der Waals surface area contributed by atoms with Crippen LogP contribution in [-0.4, -0.2) is 12.2 Å². The van der Waals surface area contributed by atoms with E-state index in [4.69, 9.17) is 9.47 Å². The van der Waals surface area contributed by atoms with E-state index in [9.17, 15) is 0 Å². The quantitative estimate of drug-likeness (QED) is 0.676. The van der Waals surface area contributed by atoms with E-state index in [0.717, 1.165) is 24.3 Å². The van der Waals surface area contributed by atoms with Gasteiger partial charge in [-0.25, -0.2) is 0 Å². The SMILES string of the molecule is CC(C)[C@H]1CC(C)(C)c2cc3c(cc2O1)C(C)(C)C[C@H](C(C)C)O3. The van der Waals surface area contributed by atoms with Crippen LogP contribution in [-0.2, 0) is 10.8 Å². The third-order valence-corrected chi connectivity index (χ3v) is 6.01. The molecule has 3 rings (SSSR count). The van der Waals surface area contributed by atoms with Gasteiger partial charge in [0.1, 0.15) is 23.7 Å². The molecule has 2 nitrogen and oxygen atoms in total. The maximum atomic E-state index is 6.41. The summed E-state index contributed by atoms with van der Waals surface area (Å²) in [5.74, 6) is 3.21. The molecule has 0 bridgehead atoms. The normalized spacial score (nSPS) is 27.2. The van der Waals surface area contributed by atoms with Crippen molar-refractivity contribution in [1.29, 1.82) is 0 Å². The fraction of sp³-hybridized carbons (Fsp3) is 0.727. The van der Waals surface area contributed by atoms with Crippen molar-refractivity contribution in [3.8, 4) is 11.5 Å². The highest BCUT2D eigenvalue weighted by Gasteiger charge is 2.41. The predicted octanol–water partition coefficient (Wildman–Crippen LogP) is 5.86. The van der Waals surface area contributed by atoms with Crippen LogP contribution in [0.2, 0.25) is 0 Å². The minimum absolute atomic E-state index is 0.121. The third-order valence-electron chi connectivity index (χ3n) is 6.01. The summed E-state index contributed by atoms with van der Waals surface area (Å²) in [6.07, 6.45) is 2.71. The van der Waals surface area contributed by atoms with Crippen molar-refractivity contribution in [3.63, 3.8) is 0 Å². The van der Waals surface area contributed by atoms with Crippen LogP contribution in [0.25, 0.3) is 0 Å². The summed E-state index contributed by atoms with van der Waals surface area (Å²) in [5.41, 5.74) is 2.85. The molecule has 0 spiro atoms. The maximum Gasteiger partial charge on any atom is 0.124 e. The summed E-state index contributed by atoms with van der Waals surface area (Å²) in [6, 6.07) is 4.55. The van der Waals surface area contributed by atoms with Gasteiger partial charge in [-0.2, -0.15) is 0 Å². The van der Waals surface area contributed by atoms with Crippen LogP contribution in [0.4, 0.5) is 0 Å². The van der Waals surface area contributed by atoms with Gasteiger partial charge in [-0.05, 0) is 47.6 Å². The van der Waals surface area contributed by atoms with E-state index in [0.29, 0.717) is 24.0 Å². The van der Waals surface area contributed by atoms with Crippen molar-refractivity contribution in [1.82, 2.24) is 0 Å². The zero-order valence-corrected chi connectivity index (χ0v) is 16.7. The standard InChI is InChI=1S/C22H34O2/c1-13(2)19-11-21(5,6)15-10-18-16(9-17(15)23-19)22(7,8)12-20(24-18)14(3)4/h9-10,13-14,19-20H,11-12H2,1-8H3/t19-,20-/m1/s1. The van der Waals surface area contributed by atoms with Crippen molar-refractivity contribution in [2.24, 2.45) is 11.8 Å². The van der Waals surface area contributed by atoms with E-state index in [2.05, 4.69) is 67.5 Å². The molecule has 24 heavy (non-hydrogen) atoms. The summed E-state index contributed by atoms with van der Waals surface area (Å²) < 4.78 is 12.8. The van der Waals surface area contributed by atoms with Gasteiger partial charge >= 0.3 is 0 Å². The largest absolute Gasteiger partial charge is 0.490 e. The monoisotopic (exact) mass is 330 g/mol. The molecular weight excluding hydrogens is 296 g/mol. The lowest BCUT2D eigenvalue weighted by molar-refractivity contribution is 0.0827. The summed E-state index contributed by atoms with van der Waals surface area (Å²) in [4.78, 5) is 0. The van der Waals surface area contributed by atoms with Crippen LogP contribution >= 0.6 is 0 Å². The highest BCUT2D eigenvalue weighted by molar-refractivity contribution is 5.54. The highest BCUT2D eigenvalue weighted by atomic mass is 16.5. The molecule has 2 heteroatoms. The van der Waals surface area contributed by atoms with Gasteiger partial charge < -0.3 is 9.47 Å². The fourth-order valence-electron chi connectivity index (χ4n) is 4.19. The lowest BCUT2D eigenvalue weighted by atomic mass is 9.71. The molecule has 2 aliphatic rings. The van der Waals surface area contributed by atoms with E-state index in [1.807, 2.05) is 0 Å². The number of hydrogen-bond acceptors (Lipinski definition) is 2. The molecule has 0 aromatic heterocycles.